The molecule has 0 spiro atoms. The number of amides is 1. The monoisotopic (exact) mass is 371 g/mol. The largest absolute Gasteiger partial charge is 0.312 e. The average Bonchev–Trinajstić information content (AvgIpc) is 2.82. The van der Waals surface area contributed by atoms with Crippen molar-refractivity contribution in [3.05, 3.63) is 45.7 Å². The third kappa shape index (κ3) is 3.41. The van der Waals surface area contributed by atoms with Gasteiger partial charge in [0.25, 0.3) is 5.91 Å². The number of aromatic nitrogens is 2. The van der Waals surface area contributed by atoms with Crippen LogP contribution in [0.3, 0.4) is 0 Å². The Balaban J connectivity index is 2.29. The summed E-state index contributed by atoms with van der Waals surface area (Å²) >= 11 is 3.48. The van der Waals surface area contributed by atoms with E-state index in [1.807, 2.05) is 26.0 Å². The number of carbonyl (C=O) groups is 1. The molecule has 0 atom stereocenters. The summed E-state index contributed by atoms with van der Waals surface area (Å²) in [6, 6.07) is 10.7. The molecule has 6 nitrogen and oxygen atoms in total. The first-order valence-electron chi connectivity index (χ1n) is 6.85. The summed E-state index contributed by atoms with van der Waals surface area (Å²) in [4.78, 5) is 13.5. The van der Waals surface area contributed by atoms with Crippen molar-refractivity contribution in [3.63, 3.8) is 0 Å². The molecule has 2 aromatic rings. The van der Waals surface area contributed by atoms with E-state index in [1.54, 1.807) is 28.9 Å². The fourth-order valence-corrected chi connectivity index (χ4v) is 2.42. The van der Waals surface area contributed by atoms with Crippen molar-refractivity contribution in [2.75, 3.05) is 13.1 Å². The summed E-state index contributed by atoms with van der Waals surface area (Å²) in [5.41, 5.74) is 3.12. The molecule has 2 rings (SSSR count). The van der Waals surface area contributed by atoms with E-state index in [4.69, 9.17) is 10.5 Å². The molecule has 0 saturated heterocycles. The van der Waals surface area contributed by atoms with Crippen LogP contribution < -0.4 is 0 Å². The maximum atomic E-state index is 12.3. The second-order valence-electron chi connectivity index (χ2n) is 4.92. The highest BCUT2D eigenvalue weighted by molar-refractivity contribution is 9.10. The third-order valence-electron chi connectivity index (χ3n) is 3.37. The zero-order valence-electron chi connectivity index (χ0n) is 12.7. The maximum absolute atomic E-state index is 12.3. The van der Waals surface area contributed by atoms with Gasteiger partial charge < -0.3 is 4.90 Å². The van der Waals surface area contributed by atoms with Crippen LogP contribution in [0.2, 0.25) is 0 Å². The molecular weight excluding hydrogens is 358 g/mol. The summed E-state index contributed by atoms with van der Waals surface area (Å²) < 4.78 is 2.74. The van der Waals surface area contributed by atoms with Crippen LogP contribution >= 0.6 is 15.9 Å². The van der Waals surface area contributed by atoms with Crippen molar-refractivity contribution in [2.24, 2.45) is 0 Å². The van der Waals surface area contributed by atoms with Crippen molar-refractivity contribution < 1.29 is 4.79 Å². The topological polar surface area (TPSA) is 85.7 Å². The number of nitrogens with zero attached hydrogens (tertiary/aromatic N) is 5. The Morgan fingerprint density at radius 2 is 1.78 bits per heavy atom. The van der Waals surface area contributed by atoms with Crippen LogP contribution in [0, 0.1) is 36.5 Å². The Bertz CT molecular complexity index is 795. The molecule has 0 N–H and O–H groups in total. The van der Waals surface area contributed by atoms with Crippen LogP contribution in [0.4, 0.5) is 0 Å². The first-order chi connectivity index (χ1) is 11.0. The Kier molecular flexibility index (Phi) is 5.15. The number of nitriles is 2. The normalized spacial score (nSPS) is 9.96. The molecule has 0 aliphatic heterocycles. The van der Waals surface area contributed by atoms with Crippen molar-refractivity contribution in [2.45, 2.75) is 13.8 Å². The van der Waals surface area contributed by atoms with Gasteiger partial charge >= 0.3 is 0 Å². The number of hydrogen-bond acceptors (Lipinski definition) is 4. The van der Waals surface area contributed by atoms with Gasteiger partial charge in [-0.15, -0.1) is 0 Å². The predicted molar refractivity (Wildman–Crippen MR) is 87.9 cm³/mol. The quantitative estimate of drug-likeness (QED) is 0.773. The minimum Gasteiger partial charge on any atom is -0.312 e. The minimum absolute atomic E-state index is 0.113. The Morgan fingerprint density at radius 1 is 1.22 bits per heavy atom. The fraction of sp³-hybridized carbons (Fsp3) is 0.250. The van der Waals surface area contributed by atoms with Gasteiger partial charge in [-0.2, -0.15) is 15.6 Å². The SMILES string of the molecule is Cc1nn(-c2ccc(C(=O)N(CC#N)CC#N)cc2)c(C)c1Br. The molecule has 0 unspecified atom stereocenters. The lowest BCUT2D eigenvalue weighted by Gasteiger charge is -2.16. The van der Waals surface area contributed by atoms with Crippen LogP contribution in [-0.2, 0) is 0 Å². The van der Waals surface area contributed by atoms with Crippen LogP contribution in [0.5, 0.6) is 0 Å². The molecule has 23 heavy (non-hydrogen) atoms. The number of rotatable bonds is 4. The standard InChI is InChI=1S/C16H14BrN5O/c1-11-15(17)12(2)22(20-11)14-5-3-13(4-6-14)16(23)21(9-7-18)10-8-19/h3-6H,9-10H2,1-2H3. The first kappa shape index (κ1) is 16.7. The molecule has 0 saturated carbocycles. The van der Waals surface area contributed by atoms with Crippen molar-refractivity contribution >= 4 is 21.8 Å². The molecule has 0 radical (unpaired) electrons. The summed E-state index contributed by atoms with van der Waals surface area (Å²) in [6.45, 7) is 3.63. The van der Waals surface area contributed by atoms with Gasteiger partial charge in [-0.05, 0) is 54.0 Å². The lowest BCUT2D eigenvalue weighted by atomic mass is 10.1. The number of carbonyl (C=O) groups excluding carboxylic acids is 1. The first-order valence-corrected chi connectivity index (χ1v) is 7.64. The summed E-state index contributed by atoms with van der Waals surface area (Å²) in [5.74, 6) is -0.339. The second kappa shape index (κ2) is 7.08. The van der Waals surface area contributed by atoms with Crippen molar-refractivity contribution in [1.82, 2.24) is 14.7 Å². The maximum Gasteiger partial charge on any atom is 0.255 e. The molecule has 1 amide bonds. The average molecular weight is 372 g/mol. The van der Waals surface area contributed by atoms with Gasteiger partial charge in [-0.1, -0.05) is 0 Å². The molecule has 0 bridgehead atoms. The molecule has 116 valence electrons. The lowest BCUT2D eigenvalue weighted by molar-refractivity contribution is 0.0794. The van der Waals surface area contributed by atoms with E-state index >= 15 is 0 Å². The van der Waals surface area contributed by atoms with Gasteiger partial charge in [0, 0.05) is 5.56 Å². The predicted octanol–water partition coefficient (Wildman–Crippen LogP) is 2.74. The van der Waals surface area contributed by atoms with Crippen LogP contribution in [0.25, 0.3) is 5.69 Å². The lowest BCUT2D eigenvalue weighted by Crippen LogP contribution is -2.31. The molecule has 7 heteroatoms. The Labute approximate surface area is 142 Å². The van der Waals surface area contributed by atoms with Crippen LogP contribution in [0.1, 0.15) is 21.7 Å². The van der Waals surface area contributed by atoms with Gasteiger partial charge in [0.05, 0.1) is 33.7 Å². The van der Waals surface area contributed by atoms with E-state index < -0.39 is 0 Å². The molecule has 0 fully saturated rings. The molecular formula is C16H14BrN5O. The smallest absolute Gasteiger partial charge is 0.255 e. The summed E-state index contributed by atoms with van der Waals surface area (Å²) in [7, 11) is 0. The molecule has 1 aromatic heterocycles. The van der Waals surface area contributed by atoms with Gasteiger partial charge in [0.2, 0.25) is 0 Å². The number of benzene rings is 1. The second-order valence-corrected chi connectivity index (χ2v) is 5.71. The number of halogens is 1. The van der Waals surface area contributed by atoms with E-state index in [0.29, 0.717) is 5.56 Å². The summed E-state index contributed by atoms with van der Waals surface area (Å²) in [5, 5.41) is 21.9. The zero-order valence-corrected chi connectivity index (χ0v) is 14.3. The van der Waals surface area contributed by atoms with Crippen molar-refractivity contribution in [1.29, 1.82) is 10.5 Å². The highest BCUT2D eigenvalue weighted by Gasteiger charge is 2.16. The fourth-order valence-electron chi connectivity index (χ4n) is 2.17. The Morgan fingerprint density at radius 3 is 2.22 bits per heavy atom. The highest BCUT2D eigenvalue weighted by atomic mass is 79.9. The molecule has 1 aromatic carbocycles. The van der Waals surface area contributed by atoms with Gasteiger partial charge in [-0.3, -0.25) is 4.79 Å². The molecule has 1 heterocycles. The zero-order chi connectivity index (χ0) is 17.0. The van der Waals surface area contributed by atoms with E-state index in [0.717, 1.165) is 21.5 Å². The van der Waals surface area contributed by atoms with E-state index in [1.165, 1.54) is 4.90 Å². The number of hydrogen-bond donors (Lipinski definition) is 0. The van der Waals surface area contributed by atoms with Crippen LogP contribution in [-0.4, -0.2) is 33.7 Å². The highest BCUT2D eigenvalue weighted by Crippen LogP contribution is 2.23. The van der Waals surface area contributed by atoms with Gasteiger partial charge in [0.1, 0.15) is 13.1 Å². The van der Waals surface area contributed by atoms with Gasteiger partial charge in [-0.25, -0.2) is 4.68 Å². The van der Waals surface area contributed by atoms with E-state index in [9.17, 15) is 4.79 Å². The molecule has 0 aliphatic carbocycles. The van der Waals surface area contributed by atoms with Gasteiger partial charge in [0.15, 0.2) is 0 Å². The summed E-state index contributed by atoms with van der Waals surface area (Å²) in [6.07, 6.45) is 0. The minimum atomic E-state index is -0.339. The molecule has 0 aliphatic rings. The Hall–Kier alpha value is -2.64. The van der Waals surface area contributed by atoms with E-state index in [-0.39, 0.29) is 19.0 Å². The third-order valence-corrected chi connectivity index (χ3v) is 4.52. The van der Waals surface area contributed by atoms with Crippen molar-refractivity contribution in [3.8, 4) is 17.8 Å². The number of aryl methyl sites for hydroxylation is 1. The van der Waals surface area contributed by atoms with E-state index in [2.05, 4.69) is 21.0 Å². The van der Waals surface area contributed by atoms with Crippen LogP contribution in [0.15, 0.2) is 28.7 Å².